The van der Waals surface area contributed by atoms with E-state index < -0.39 is 0 Å². The molecule has 9 heteroatoms. The van der Waals surface area contributed by atoms with Crippen molar-refractivity contribution in [1.82, 2.24) is 9.97 Å². The predicted octanol–water partition coefficient (Wildman–Crippen LogP) is 4.73. The summed E-state index contributed by atoms with van der Waals surface area (Å²) in [4.78, 5) is 13.8. The zero-order chi connectivity index (χ0) is 23.4. The fourth-order valence-corrected chi connectivity index (χ4v) is 4.44. The van der Waals surface area contributed by atoms with Crippen LogP contribution in [0.2, 0.25) is 5.02 Å². The molecule has 0 spiro atoms. The summed E-state index contributed by atoms with van der Waals surface area (Å²) in [6, 6.07) is 15.8. The third kappa shape index (κ3) is 4.80. The summed E-state index contributed by atoms with van der Waals surface area (Å²) in [5.74, 6) is 1.86. The maximum absolute atomic E-state index is 10.1. The zero-order valence-electron chi connectivity index (χ0n) is 18.7. The van der Waals surface area contributed by atoms with Crippen molar-refractivity contribution >= 4 is 34.9 Å². The zero-order valence-corrected chi connectivity index (χ0v) is 20.3. The molecule has 0 radical (unpaired) electrons. The first-order valence-corrected chi connectivity index (χ1v) is 12.0. The van der Waals surface area contributed by atoms with Crippen LogP contribution in [-0.4, -0.2) is 56.6 Å². The molecular weight excluding hydrogens is 458 g/mol. The molecule has 1 saturated heterocycles. The fourth-order valence-electron chi connectivity index (χ4n) is 3.89. The lowest BCUT2D eigenvalue weighted by Crippen LogP contribution is -2.47. The van der Waals surface area contributed by atoms with E-state index in [4.69, 9.17) is 26.1 Å². The van der Waals surface area contributed by atoms with Gasteiger partial charge in [0.15, 0.2) is 22.5 Å². The van der Waals surface area contributed by atoms with Crippen molar-refractivity contribution in [3.63, 3.8) is 0 Å². The lowest BCUT2D eigenvalue weighted by molar-refractivity contribution is 0.355. The van der Waals surface area contributed by atoms with Crippen LogP contribution in [-0.2, 0) is 0 Å². The Morgan fingerprint density at radius 2 is 1.70 bits per heavy atom. The fraction of sp³-hybridized carbons (Fsp3) is 0.292. The SMILES string of the molecule is COc1ccc(-c2nc(SC)nc(N3CCN(c4cccc(Cl)c4)CC3)c2C#N)cc1OC. The minimum Gasteiger partial charge on any atom is -0.493 e. The molecular formula is C24H24ClN5O2S. The van der Waals surface area contributed by atoms with Crippen LogP contribution < -0.4 is 19.3 Å². The quantitative estimate of drug-likeness (QED) is 0.369. The number of methoxy groups -OCH3 is 2. The van der Waals surface area contributed by atoms with Crippen LogP contribution in [0.1, 0.15) is 5.56 Å². The van der Waals surface area contributed by atoms with Crippen molar-refractivity contribution in [2.45, 2.75) is 5.16 Å². The van der Waals surface area contributed by atoms with Crippen molar-refractivity contribution in [1.29, 1.82) is 5.26 Å². The van der Waals surface area contributed by atoms with Gasteiger partial charge in [0.05, 0.1) is 19.9 Å². The highest BCUT2D eigenvalue weighted by Crippen LogP contribution is 2.36. The van der Waals surface area contributed by atoms with Gasteiger partial charge in [0.1, 0.15) is 11.6 Å². The molecule has 0 aliphatic carbocycles. The van der Waals surface area contributed by atoms with Crippen LogP contribution in [0.3, 0.4) is 0 Å². The van der Waals surface area contributed by atoms with Gasteiger partial charge in [-0.05, 0) is 42.7 Å². The van der Waals surface area contributed by atoms with Gasteiger partial charge in [-0.2, -0.15) is 5.26 Å². The third-order valence-corrected chi connectivity index (χ3v) is 6.36. The maximum atomic E-state index is 10.1. The minimum absolute atomic E-state index is 0.455. The second kappa shape index (κ2) is 10.2. The average Bonchev–Trinajstić information content (AvgIpc) is 2.87. The van der Waals surface area contributed by atoms with E-state index in [1.165, 1.54) is 11.8 Å². The summed E-state index contributed by atoms with van der Waals surface area (Å²) < 4.78 is 10.8. The lowest BCUT2D eigenvalue weighted by Gasteiger charge is -2.37. The van der Waals surface area contributed by atoms with Crippen molar-refractivity contribution < 1.29 is 9.47 Å². The predicted molar refractivity (Wildman–Crippen MR) is 133 cm³/mol. The molecule has 1 aromatic heterocycles. The van der Waals surface area contributed by atoms with Crippen LogP contribution >= 0.6 is 23.4 Å². The van der Waals surface area contributed by atoms with Gasteiger partial charge in [0.2, 0.25) is 0 Å². The Kier molecular flexibility index (Phi) is 7.11. The Hall–Kier alpha value is -3.15. The molecule has 0 bridgehead atoms. The molecule has 2 aromatic carbocycles. The number of ether oxygens (including phenoxy) is 2. The Balaban J connectivity index is 1.68. The van der Waals surface area contributed by atoms with Crippen molar-refractivity contribution in [2.24, 2.45) is 0 Å². The van der Waals surface area contributed by atoms with Gasteiger partial charge in [-0.25, -0.2) is 9.97 Å². The molecule has 0 amide bonds. The van der Waals surface area contributed by atoms with E-state index in [9.17, 15) is 5.26 Å². The summed E-state index contributed by atoms with van der Waals surface area (Å²) in [5.41, 5.74) is 2.92. The number of nitriles is 1. The second-order valence-electron chi connectivity index (χ2n) is 7.39. The lowest BCUT2D eigenvalue weighted by atomic mass is 10.1. The van der Waals surface area contributed by atoms with Gasteiger partial charge in [0.25, 0.3) is 0 Å². The average molecular weight is 482 g/mol. The maximum Gasteiger partial charge on any atom is 0.189 e. The summed E-state index contributed by atoms with van der Waals surface area (Å²) in [6.07, 6.45) is 1.93. The number of piperazine rings is 1. The number of benzene rings is 2. The van der Waals surface area contributed by atoms with E-state index in [0.29, 0.717) is 33.7 Å². The smallest absolute Gasteiger partial charge is 0.189 e. The molecule has 0 N–H and O–H groups in total. The van der Waals surface area contributed by atoms with Crippen molar-refractivity contribution in [2.75, 3.05) is 56.5 Å². The molecule has 0 unspecified atom stereocenters. The van der Waals surface area contributed by atoms with Gasteiger partial charge < -0.3 is 19.3 Å². The molecule has 33 heavy (non-hydrogen) atoms. The van der Waals surface area contributed by atoms with Crippen LogP contribution in [0.15, 0.2) is 47.6 Å². The Bertz CT molecular complexity index is 1190. The summed E-state index contributed by atoms with van der Waals surface area (Å²) in [6.45, 7) is 3.07. The Morgan fingerprint density at radius 1 is 0.970 bits per heavy atom. The first-order valence-electron chi connectivity index (χ1n) is 10.4. The molecule has 7 nitrogen and oxygen atoms in total. The van der Waals surface area contributed by atoms with Crippen molar-refractivity contribution in [3.05, 3.63) is 53.1 Å². The van der Waals surface area contributed by atoms with Gasteiger partial charge in [-0.15, -0.1) is 0 Å². The number of anilines is 2. The van der Waals surface area contributed by atoms with Crippen molar-refractivity contribution in [3.8, 4) is 28.8 Å². The standard InChI is InChI=1S/C24H24ClN5O2S/c1-31-20-8-7-16(13-21(20)32-2)22-19(15-26)23(28-24(27-22)33-3)30-11-9-29(10-12-30)18-6-4-5-17(25)14-18/h4-8,13-14H,9-12H2,1-3H3. The number of rotatable bonds is 6. The van der Waals surface area contributed by atoms with E-state index in [0.717, 1.165) is 42.5 Å². The number of thioether (sulfide) groups is 1. The van der Waals surface area contributed by atoms with E-state index in [1.54, 1.807) is 14.2 Å². The van der Waals surface area contributed by atoms with Gasteiger partial charge in [-0.3, -0.25) is 0 Å². The number of halogens is 1. The number of hydrogen-bond acceptors (Lipinski definition) is 8. The molecule has 4 rings (SSSR count). The highest BCUT2D eigenvalue weighted by molar-refractivity contribution is 7.98. The molecule has 3 aromatic rings. The summed E-state index contributed by atoms with van der Waals surface area (Å²) >= 11 is 7.62. The third-order valence-electron chi connectivity index (χ3n) is 5.57. The Morgan fingerprint density at radius 3 is 2.33 bits per heavy atom. The largest absolute Gasteiger partial charge is 0.493 e. The first-order chi connectivity index (χ1) is 16.1. The van der Waals surface area contributed by atoms with Crippen LogP contribution in [0.25, 0.3) is 11.3 Å². The topological polar surface area (TPSA) is 74.5 Å². The van der Waals surface area contributed by atoms with E-state index in [2.05, 4.69) is 26.9 Å². The highest BCUT2D eigenvalue weighted by atomic mass is 35.5. The van der Waals surface area contributed by atoms with Crippen LogP contribution in [0.4, 0.5) is 11.5 Å². The van der Waals surface area contributed by atoms with Crippen LogP contribution in [0, 0.1) is 11.3 Å². The van der Waals surface area contributed by atoms with E-state index >= 15 is 0 Å². The summed E-state index contributed by atoms with van der Waals surface area (Å²) in [5, 5.41) is 11.4. The van der Waals surface area contributed by atoms with E-state index in [-0.39, 0.29) is 0 Å². The number of nitrogens with zero attached hydrogens (tertiary/aromatic N) is 5. The number of hydrogen-bond donors (Lipinski definition) is 0. The number of aromatic nitrogens is 2. The molecule has 2 heterocycles. The van der Waals surface area contributed by atoms with Gasteiger partial charge in [0, 0.05) is 42.5 Å². The molecule has 1 aliphatic rings. The second-order valence-corrected chi connectivity index (χ2v) is 8.60. The molecule has 1 aliphatic heterocycles. The van der Waals surface area contributed by atoms with Crippen LogP contribution in [0.5, 0.6) is 11.5 Å². The van der Waals surface area contributed by atoms with Gasteiger partial charge >= 0.3 is 0 Å². The highest BCUT2D eigenvalue weighted by Gasteiger charge is 2.25. The molecule has 170 valence electrons. The summed E-state index contributed by atoms with van der Waals surface area (Å²) in [7, 11) is 3.18. The molecule has 0 saturated carbocycles. The monoisotopic (exact) mass is 481 g/mol. The Labute approximate surface area is 202 Å². The first kappa shape index (κ1) is 23.0. The normalized spacial score (nSPS) is 13.5. The molecule has 1 fully saturated rings. The van der Waals surface area contributed by atoms with Gasteiger partial charge in [-0.1, -0.05) is 29.4 Å². The van der Waals surface area contributed by atoms with E-state index in [1.807, 2.05) is 42.7 Å². The minimum atomic E-state index is 0.455. The molecule has 0 atom stereocenters.